The third-order valence-corrected chi connectivity index (χ3v) is 13.7. The summed E-state index contributed by atoms with van der Waals surface area (Å²) in [7, 11) is 0. The van der Waals surface area contributed by atoms with Crippen molar-refractivity contribution in [1.82, 2.24) is 33.2 Å². The number of aromatic nitrogens is 7. The van der Waals surface area contributed by atoms with Crippen LogP contribution in [0.2, 0.25) is 0 Å². The molecule has 0 unspecified atom stereocenters. The maximum atomic E-state index is 9.50. The maximum Gasteiger partial charge on any atom is 0.240 e. The van der Waals surface area contributed by atoms with Crippen molar-refractivity contribution in [2.75, 3.05) is 0 Å². The Hall–Kier alpha value is -9.59. The molecule has 15 aromatic rings. The Morgan fingerprint density at radius 3 is 1.31 bits per heavy atom. The molecule has 326 valence electrons. The second-order valence-corrected chi connectivity index (χ2v) is 17.4. The minimum absolute atomic E-state index is 0.0161. The van der Waals surface area contributed by atoms with Gasteiger partial charge in [-0.25, -0.2) is 0 Å². The van der Waals surface area contributed by atoms with Gasteiger partial charge in [0.05, 0.1) is 66.4 Å². The number of para-hydroxylation sites is 8. The van der Waals surface area contributed by atoms with Crippen LogP contribution in [-0.4, -0.2) is 33.2 Å². The molecule has 15 rings (SSSR count). The van der Waals surface area contributed by atoms with Crippen LogP contribution in [0.5, 0.6) is 0 Å². The molecule has 0 aliphatic heterocycles. The fourth-order valence-corrected chi connectivity index (χ4v) is 10.8. The van der Waals surface area contributed by atoms with Gasteiger partial charge in [0.2, 0.25) is 11.9 Å². The van der Waals surface area contributed by atoms with Crippen LogP contribution in [0.1, 0.15) is 11.0 Å². The van der Waals surface area contributed by atoms with Crippen molar-refractivity contribution in [3.05, 3.63) is 236 Å². The lowest BCUT2D eigenvalue weighted by Crippen LogP contribution is -2.11. The number of fused-ring (bicyclic) bond motifs is 12. The summed E-state index contributed by atoms with van der Waals surface area (Å²) in [4.78, 5) is 16.3. The summed E-state index contributed by atoms with van der Waals surface area (Å²) in [5, 5.41) is 5.87. The minimum atomic E-state index is -0.424. The van der Waals surface area contributed by atoms with E-state index < -0.39 is 12.1 Å². The zero-order valence-corrected chi connectivity index (χ0v) is 37.0. The molecule has 0 bridgehead atoms. The molecule has 7 heteroatoms. The molecular weight excluding hydrogens is 855 g/mol. The molecule has 0 radical (unpaired) electrons. The van der Waals surface area contributed by atoms with Gasteiger partial charge in [0, 0.05) is 48.8 Å². The van der Waals surface area contributed by atoms with Crippen LogP contribution in [0.25, 0.3) is 133 Å². The molecule has 0 N–H and O–H groups in total. The molecule has 0 saturated heterocycles. The first kappa shape index (κ1) is 31.4. The summed E-state index contributed by atoms with van der Waals surface area (Å²) in [5.74, 6) is 0.220. The molecule has 0 fully saturated rings. The Bertz CT molecular complexity index is 4890. The fraction of sp³-hybridized carbons (Fsp3) is 0. The molecule has 0 atom stereocenters. The summed E-state index contributed by atoms with van der Waals surface area (Å²) in [6.45, 7) is 0. The first-order chi connectivity index (χ1) is 38.1. The number of rotatable bonds is 6. The van der Waals surface area contributed by atoms with Crippen LogP contribution in [0.15, 0.2) is 236 Å². The van der Waals surface area contributed by atoms with Crippen LogP contribution in [-0.2, 0) is 0 Å². The van der Waals surface area contributed by atoms with E-state index in [9.17, 15) is 5.48 Å². The van der Waals surface area contributed by atoms with E-state index in [4.69, 9.17) is 20.4 Å². The van der Waals surface area contributed by atoms with Crippen molar-refractivity contribution in [2.45, 2.75) is 0 Å². The van der Waals surface area contributed by atoms with Gasteiger partial charge in [-0.1, -0.05) is 164 Å². The second-order valence-electron chi connectivity index (χ2n) is 17.4. The summed E-state index contributed by atoms with van der Waals surface area (Å²) in [6.07, 6.45) is 0. The fourth-order valence-electron chi connectivity index (χ4n) is 10.8. The molecule has 0 aliphatic carbocycles. The highest BCUT2D eigenvalue weighted by Gasteiger charge is 2.26. The van der Waals surface area contributed by atoms with E-state index in [1.54, 1.807) is 9.13 Å². The van der Waals surface area contributed by atoms with Gasteiger partial charge in [-0.05, 0) is 83.9 Å². The number of hydrogen-bond acceptors (Lipinski definition) is 3. The van der Waals surface area contributed by atoms with Gasteiger partial charge in [-0.3, -0.25) is 9.13 Å². The molecular formula is C63H39N7. The topological polar surface area (TPSA) is 58.4 Å². The quantitative estimate of drug-likeness (QED) is 0.167. The molecule has 7 nitrogen and oxygen atoms in total. The maximum absolute atomic E-state index is 9.50. The summed E-state index contributed by atoms with van der Waals surface area (Å²) >= 11 is 0. The Labute approximate surface area is 412 Å². The van der Waals surface area contributed by atoms with Crippen LogP contribution >= 0.6 is 0 Å². The molecule has 0 amide bonds. The first-order valence-corrected chi connectivity index (χ1v) is 23.1. The van der Waals surface area contributed by atoms with Crippen molar-refractivity contribution in [3.63, 3.8) is 0 Å². The highest BCUT2D eigenvalue weighted by molar-refractivity contribution is 6.13. The predicted molar refractivity (Wildman–Crippen MR) is 288 cm³/mol. The van der Waals surface area contributed by atoms with Crippen molar-refractivity contribution in [1.29, 1.82) is 0 Å². The zero-order chi connectivity index (χ0) is 52.8. The largest absolute Gasteiger partial charge is 0.309 e. The normalized spacial score (nSPS) is 13.6. The Kier molecular flexibility index (Phi) is 6.71. The van der Waals surface area contributed by atoms with Crippen molar-refractivity contribution < 1.29 is 11.0 Å². The van der Waals surface area contributed by atoms with Gasteiger partial charge < -0.3 is 9.13 Å². The van der Waals surface area contributed by atoms with Crippen LogP contribution in [0.3, 0.4) is 0 Å². The van der Waals surface area contributed by atoms with Crippen LogP contribution in [0, 0.1) is 0 Å². The summed E-state index contributed by atoms with van der Waals surface area (Å²) < 4.78 is 80.9. The number of benzene rings is 10. The lowest BCUT2D eigenvalue weighted by atomic mass is 9.95. The van der Waals surface area contributed by atoms with E-state index in [0.29, 0.717) is 38.1 Å². The first-order valence-electron chi connectivity index (χ1n) is 27.1. The lowest BCUT2D eigenvalue weighted by Gasteiger charge is -2.19. The zero-order valence-electron chi connectivity index (χ0n) is 45.0. The average Bonchev–Trinajstić information content (AvgIpc) is 4.33. The van der Waals surface area contributed by atoms with Gasteiger partial charge in [0.15, 0.2) is 5.82 Å². The third-order valence-electron chi connectivity index (χ3n) is 13.7. The number of nitrogens with zero attached hydrogens (tertiary/aromatic N) is 7. The Morgan fingerprint density at radius 1 is 0.314 bits per heavy atom. The van der Waals surface area contributed by atoms with E-state index >= 15 is 0 Å². The summed E-state index contributed by atoms with van der Waals surface area (Å²) in [6, 6.07) is 59.8. The highest BCUT2D eigenvalue weighted by atomic mass is 15.3. The molecule has 10 aromatic carbocycles. The third kappa shape index (κ3) is 5.54. The SMILES string of the molecule is [2H]c1c([2H])c([2H])c2c(c1[2H])c1ccccc1n2-c1nc(-c2c(-c3ccc4c(c3)c3ccccc3n4-c3ccccc3)cccc2-n2c3ccccc3c3ccccc32)nc(-n2c3ccccc3c3c([2H])c([2H])c([2H])c([2H])c32)n1. The standard InChI is InChI=1S/C63H39N7/c1-2-19-41(20-3-1)67-51-29-11-10-27-49(51)50-39-40(37-38-58(50)67)42-28-18-36-59(68-52-30-12-4-21-43(52)44-22-5-13-31-53(44)68)60(42)61-64-62(69-54-32-14-6-23-45(54)46-24-7-15-33-55(46)69)66-63(65-61)70-56-34-16-8-25-47(56)48-26-9-17-35-57(48)70/h1-39H/i6D,8D,14D,16D,23D,25D,32D,34D. The number of hydrogen-bond donors (Lipinski definition) is 0. The van der Waals surface area contributed by atoms with Gasteiger partial charge in [0.25, 0.3) is 0 Å². The molecule has 5 heterocycles. The van der Waals surface area contributed by atoms with Gasteiger partial charge >= 0.3 is 0 Å². The smallest absolute Gasteiger partial charge is 0.240 e. The molecule has 5 aromatic heterocycles. The summed E-state index contributed by atoms with van der Waals surface area (Å²) in [5.41, 5.74) is 9.27. The lowest BCUT2D eigenvalue weighted by molar-refractivity contribution is 0.892. The molecule has 0 saturated carbocycles. The Balaban J connectivity index is 1.13. The second kappa shape index (κ2) is 15.0. The van der Waals surface area contributed by atoms with E-state index in [2.05, 4.69) is 100 Å². The predicted octanol–water partition coefficient (Wildman–Crippen LogP) is 15.6. The van der Waals surface area contributed by atoms with Crippen LogP contribution < -0.4 is 0 Å². The monoisotopic (exact) mass is 901 g/mol. The Morgan fingerprint density at radius 2 is 0.757 bits per heavy atom. The van der Waals surface area contributed by atoms with Gasteiger partial charge in [-0.2, -0.15) is 15.0 Å². The van der Waals surface area contributed by atoms with Crippen molar-refractivity contribution in [2.24, 2.45) is 0 Å². The molecule has 0 spiro atoms. The molecule has 0 aliphatic rings. The van der Waals surface area contributed by atoms with E-state index in [0.717, 1.165) is 66.1 Å². The van der Waals surface area contributed by atoms with E-state index in [-0.39, 0.29) is 65.0 Å². The van der Waals surface area contributed by atoms with Crippen molar-refractivity contribution in [3.8, 4) is 45.8 Å². The van der Waals surface area contributed by atoms with Crippen LogP contribution in [0.4, 0.5) is 0 Å². The van der Waals surface area contributed by atoms with E-state index in [1.165, 1.54) is 0 Å². The molecule has 70 heavy (non-hydrogen) atoms. The van der Waals surface area contributed by atoms with Gasteiger partial charge in [0.1, 0.15) is 0 Å². The van der Waals surface area contributed by atoms with Crippen molar-refractivity contribution >= 4 is 87.2 Å². The van der Waals surface area contributed by atoms with E-state index in [1.807, 2.05) is 97.1 Å². The highest BCUT2D eigenvalue weighted by Crippen LogP contribution is 2.43. The van der Waals surface area contributed by atoms with Gasteiger partial charge in [-0.15, -0.1) is 0 Å². The average molecular weight is 902 g/mol. The minimum Gasteiger partial charge on any atom is -0.309 e.